The first-order chi connectivity index (χ1) is 15.7. The standard InChI is InChI=1S/C24H28N4O4S/c1-16-21-9-8-20(33(3,30)31)14-22(21)27-24(26-16)28-12-10-18(11-13-28)23(29)25-15-17-4-6-19(32-2)7-5-17/h4-9,14,18H,10-13,15H2,1-3H3,(H,25,29). The van der Waals surface area contributed by atoms with Crippen molar-refractivity contribution in [1.29, 1.82) is 0 Å². The third kappa shape index (κ3) is 5.24. The van der Waals surface area contributed by atoms with Crippen LogP contribution >= 0.6 is 0 Å². The van der Waals surface area contributed by atoms with E-state index in [1.54, 1.807) is 25.3 Å². The summed E-state index contributed by atoms with van der Waals surface area (Å²) in [5.41, 5.74) is 2.43. The van der Waals surface area contributed by atoms with Gasteiger partial charge in [0.2, 0.25) is 11.9 Å². The number of nitrogens with one attached hydrogen (secondary N) is 1. The molecule has 4 rings (SSSR count). The van der Waals surface area contributed by atoms with Crippen LogP contribution in [0.1, 0.15) is 24.1 Å². The van der Waals surface area contributed by atoms with Crippen molar-refractivity contribution in [3.8, 4) is 5.75 Å². The molecule has 2 aromatic carbocycles. The molecule has 33 heavy (non-hydrogen) atoms. The maximum absolute atomic E-state index is 12.7. The number of amides is 1. The number of nitrogens with zero attached hydrogens (tertiary/aromatic N) is 3. The first-order valence-corrected chi connectivity index (χ1v) is 12.8. The number of methoxy groups -OCH3 is 1. The molecule has 0 spiro atoms. The van der Waals surface area contributed by atoms with E-state index >= 15 is 0 Å². The fourth-order valence-electron chi connectivity index (χ4n) is 4.04. The third-order valence-corrected chi connectivity index (χ3v) is 7.16. The van der Waals surface area contributed by atoms with Crippen molar-refractivity contribution in [3.05, 3.63) is 53.7 Å². The fraction of sp³-hybridized carbons (Fsp3) is 0.375. The second kappa shape index (κ2) is 9.35. The number of sulfone groups is 1. The van der Waals surface area contributed by atoms with E-state index in [-0.39, 0.29) is 16.7 Å². The average molecular weight is 469 g/mol. The van der Waals surface area contributed by atoms with E-state index in [9.17, 15) is 13.2 Å². The summed E-state index contributed by atoms with van der Waals surface area (Å²) in [4.78, 5) is 24.2. The number of benzene rings is 2. The smallest absolute Gasteiger partial charge is 0.226 e. The summed E-state index contributed by atoms with van der Waals surface area (Å²) < 4.78 is 29.0. The zero-order chi connectivity index (χ0) is 23.6. The van der Waals surface area contributed by atoms with Gasteiger partial charge in [-0.3, -0.25) is 4.79 Å². The van der Waals surface area contributed by atoms with Crippen LogP contribution in [0.25, 0.3) is 10.9 Å². The van der Waals surface area contributed by atoms with Gasteiger partial charge in [0, 0.05) is 37.2 Å². The minimum Gasteiger partial charge on any atom is -0.497 e. The third-order valence-electron chi connectivity index (χ3n) is 6.05. The first-order valence-electron chi connectivity index (χ1n) is 10.9. The summed E-state index contributed by atoms with van der Waals surface area (Å²) in [7, 11) is -1.69. The fourth-order valence-corrected chi connectivity index (χ4v) is 4.68. The Labute approximate surface area is 193 Å². The van der Waals surface area contributed by atoms with Gasteiger partial charge in [0.25, 0.3) is 0 Å². The maximum Gasteiger partial charge on any atom is 0.226 e. The van der Waals surface area contributed by atoms with Gasteiger partial charge >= 0.3 is 0 Å². The number of rotatable bonds is 6. The molecule has 1 aliphatic rings. The van der Waals surface area contributed by atoms with Crippen LogP contribution in [0, 0.1) is 12.8 Å². The molecule has 1 amide bonds. The largest absolute Gasteiger partial charge is 0.497 e. The normalized spacial score (nSPS) is 14.9. The molecular weight excluding hydrogens is 440 g/mol. The number of anilines is 1. The lowest BCUT2D eigenvalue weighted by Crippen LogP contribution is -2.41. The quantitative estimate of drug-likeness (QED) is 0.594. The highest BCUT2D eigenvalue weighted by Crippen LogP contribution is 2.26. The van der Waals surface area contributed by atoms with Crippen LogP contribution in [0.15, 0.2) is 47.4 Å². The predicted octanol–water partition coefficient (Wildman–Crippen LogP) is 2.88. The Morgan fingerprint density at radius 2 is 1.82 bits per heavy atom. The summed E-state index contributed by atoms with van der Waals surface area (Å²) in [6.07, 6.45) is 2.60. The molecule has 0 bridgehead atoms. The maximum atomic E-state index is 12.7. The summed E-state index contributed by atoms with van der Waals surface area (Å²) >= 11 is 0. The Bertz CT molecular complexity index is 1270. The van der Waals surface area contributed by atoms with Crippen molar-refractivity contribution < 1.29 is 17.9 Å². The average Bonchev–Trinajstić information content (AvgIpc) is 2.82. The Balaban J connectivity index is 1.40. The number of ether oxygens (including phenoxy) is 1. The van der Waals surface area contributed by atoms with Crippen molar-refractivity contribution in [2.45, 2.75) is 31.2 Å². The van der Waals surface area contributed by atoms with Gasteiger partial charge in [0.15, 0.2) is 9.84 Å². The SMILES string of the molecule is COc1ccc(CNC(=O)C2CCN(c3nc(C)c4ccc(S(C)(=O)=O)cc4n3)CC2)cc1. The van der Waals surface area contributed by atoms with E-state index in [0.717, 1.165) is 22.4 Å². The second-order valence-electron chi connectivity index (χ2n) is 8.39. The lowest BCUT2D eigenvalue weighted by molar-refractivity contribution is -0.125. The monoisotopic (exact) mass is 468 g/mol. The van der Waals surface area contributed by atoms with Gasteiger partial charge in [-0.25, -0.2) is 18.4 Å². The number of carbonyl (C=O) groups excluding carboxylic acids is 1. The molecule has 1 N–H and O–H groups in total. The zero-order valence-electron chi connectivity index (χ0n) is 19.0. The van der Waals surface area contributed by atoms with Crippen LogP contribution in [-0.2, 0) is 21.2 Å². The van der Waals surface area contributed by atoms with Gasteiger partial charge in [-0.2, -0.15) is 0 Å². The lowest BCUT2D eigenvalue weighted by Gasteiger charge is -2.31. The molecule has 1 aromatic heterocycles. The molecule has 1 fully saturated rings. The molecule has 0 aliphatic carbocycles. The van der Waals surface area contributed by atoms with Gasteiger partial charge < -0.3 is 15.0 Å². The zero-order valence-corrected chi connectivity index (χ0v) is 19.9. The number of hydrogen-bond acceptors (Lipinski definition) is 7. The number of aryl methyl sites for hydroxylation is 1. The van der Waals surface area contributed by atoms with Crippen LogP contribution in [-0.4, -0.2) is 50.7 Å². The predicted molar refractivity (Wildman–Crippen MR) is 127 cm³/mol. The topological polar surface area (TPSA) is 101 Å². The van der Waals surface area contributed by atoms with Crippen LogP contribution in [0.4, 0.5) is 5.95 Å². The van der Waals surface area contributed by atoms with Gasteiger partial charge in [-0.05, 0) is 55.7 Å². The highest BCUT2D eigenvalue weighted by Gasteiger charge is 2.26. The van der Waals surface area contributed by atoms with Crippen LogP contribution in [0.3, 0.4) is 0 Å². The number of hydrogen-bond donors (Lipinski definition) is 1. The first kappa shape index (κ1) is 23.0. The molecule has 0 atom stereocenters. The van der Waals surface area contributed by atoms with E-state index in [0.29, 0.717) is 43.9 Å². The minimum atomic E-state index is -3.32. The molecule has 2 heterocycles. The van der Waals surface area contributed by atoms with Gasteiger partial charge in [0.1, 0.15) is 5.75 Å². The van der Waals surface area contributed by atoms with Gasteiger partial charge in [-0.15, -0.1) is 0 Å². The van der Waals surface area contributed by atoms with Crippen molar-refractivity contribution in [3.63, 3.8) is 0 Å². The van der Waals surface area contributed by atoms with Crippen LogP contribution in [0.2, 0.25) is 0 Å². The molecule has 0 unspecified atom stereocenters. The Morgan fingerprint density at radius 3 is 2.45 bits per heavy atom. The number of piperidine rings is 1. The Kier molecular flexibility index (Phi) is 6.51. The summed E-state index contributed by atoms with van der Waals surface area (Å²) in [6.45, 7) is 3.71. The van der Waals surface area contributed by atoms with E-state index in [1.807, 2.05) is 31.2 Å². The summed E-state index contributed by atoms with van der Waals surface area (Å²) in [5.74, 6) is 1.36. The molecule has 9 heteroatoms. The van der Waals surface area contributed by atoms with Gasteiger partial charge in [0.05, 0.1) is 23.2 Å². The molecule has 3 aromatic rings. The van der Waals surface area contributed by atoms with Crippen LogP contribution < -0.4 is 15.0 Å². The lowest BCUT2D eigenvalue weighted by atomic mass is 9.96. The summed E-state index contributed by atoms with van der Waals surface area (Å²) in [6, 6.07) is 12.6. The molecule has 174 valence electrons. The molecule has 8 nitrogen and oxygen atoms in total. The molecule has 1 aliphatic heterocycles. The highest BCUT2D eigenvalue weighted by atomic mass is 32.2. The molecule has 0 saturated carbocycles. The van der Waals surface area contributed by atoms with Crippen molar-refractivity contribution in [2.75, 3.05) is 31.4 Å². The molecule has 1 saturated heterocycles. The van der Waals surface area contributed by atoms with Crippen molar-refractivity contribution in [1.82, 2.24) is 15.3 Å². The second-order valence-corrected chi connectivity index (χ2v) is 10.4. The minimum absolute atomic E-state index is 0.0545. The van der Waals surface area contributed by atoms with Crippen LogP contribution in [0.5, 0.6) is 5.75 Å². The highest BCUT2D eigenvalue weighted by molar-refractivity contribution is 7.90. The van der Waals surface area contributed by atoms with Gasteiger partial charge in [-0.1, -0.05) is 12.1 Å². The number of fused-ring (bicyclic) bond motifs is 1. The molecule has 0 radical (unpaired) electrons. The Hall–Kier alpha value is -3.20. The molecular formula is C24H28N4O4S. The van der Waals surface area contributed by atoms with E-state index in [1.165, 1.54) is 6.26 Å². The number of carbonyl (C=O) groups is 1. The van der Waals surface area contributed by atoms with Crippen molar-refractivity contribution >= 4 is 32.6 Å². The van der Waals surface area contributed by atoms with E-state index in [4.69, 9.17) is 4.74 Å². The van der Waals surface area contributed by atoms with Crippen molar-refractivity contribution in [2.24, 2.45) is 5.92 Å². The number of aromatic nitrogens is 2. The van der Waals surface area contributed by atoms with E-state index < -0.39 is 9.84 Å². The summed E-state index contributed by atoms with van der Waals surface area (Å²) in [5, 5.41) is 3.86. The Morgan fingerprint density at radius 1 is 1.12 bits per heavy atom. The van der Waals surface area contributed by atoms with E-state index in [2.05, 4.69) is 20.2 Å².